The van der Waals surface area contributed by atoms with Crippen molar-refractivity contribution >= 4 is 97.1 Å². The van der Waals surface area contributed by atoms with Gasteiger partial charge in [0, 0.05) is 155 Å². The summed E-state index contributed by atoms with van der Waals surface area (Å²) in [5.41, 5.74) is 31.7. The van der Waals surface area contributed by atoms with E-state index in [4.69, 9.17) is 31.9 Å². The number of nitrogens with zero attached hydrogens (tertiary/aromatic N) is 14. The average molecular weight is 1520 g/mol. The minimum absolute atomic E-state index is 0.0743. The Balaban J connectivity index is 0.000000128. The number of benzene rings is 6. The highest BCUT2D eigenvalue weighted by atomic mass is 16.5. The largest absolute Gasteiger partial charge is 0.506 e. The van der Waals surface area contributed by atoms with Crippen LogP contribution < -0.4 is 59.2 Å². The van der Waals surface area contributed by atoms with Gasteiger partial charge in [0.15, 0.2) is 16.9 Å². The summed E-state index contributed by atoms with van der Waals surface area (Å²) in [4.78, 5) is 114. The van der Waals surface area contributed by atoms with Crippen LogP contribution >= 0.6 is 0 Å². The molecule has 3 saturated heterocycles. The topological polar surface area (TPSA) is 354 Å². The second kappa shape index (κ2) is 32.3. The molecule has 3 fully saturated rings. The molecule has 0 atom stereocenters. The Morgan fingerprint density at radius 2 is 0.788 bits per heavy atom. The van der Waals surface area contributed by atoms with Crippen LogP contribution in [0.1, 0.15) is 89.3 Å². The van der Waals surface area contributed by atoms with Gasteiger partial charge in [-0.05, 0) is 202 Å². The highest BCUT2D eigenvalue weighted by Gasteiger charge is 2.25. The van der Waals surface area contributed by atoms with E-state index in [0.717, 1.165) is 184 Å². The number of piperazine rings is 2. The van der Waals surface area contributed by atoms with Crippen LogP contribution in [-0.4, -0.2) is 180 Å². The van der Waals surface area contributed by atoms with Gasteiger partial charge in [-0.3, -0.25) is 33.7 Å². The summed E-state index contributed by atoms with van der Waals surface area (Å²) < 4.78 is 10.7. The summed E-state index contributed by atoms with van der Waals surface area (Å²) in [5.74, 6) is -1.35. The number of nitrogens with one attached hydrogen (secondary N) is 3. The van der Waals surface area contributed by atoms with E-state index in [-0.39, 0.29) is 44.5 Å². The number of rotatable bonds is 17. The van der Waals surface area contributed by atoms with E-state index in [1.807, 2.05) is 48.5 Å². The Hall–Kier alpha value is -12.8. The molecule has 3 aliphatic carbocycles. The molecule has 0 unspecified atom stereocenters. The fourth-order valence-electron chi connectivity index (χ4n) is 15.7. The number of phenols is 1. The number of hydrogen-bond acceptors (Lipinski definition) is 22. The Labute approximate surface area is 650 Å². The maximum Gasteiger partial charge on any atom is 0.254 e. The van der Waals surface area contributed by atoms with Gasteiger partial charge in [0.2, 0.25) is 34.1 Å². The number of aryl methyl sites for hydroxylation is 6. The summed E-state index contributed by atoms with van der Waals surface area (Å²) in [5, 5.41) is 21.0. The number of ether oxygens (including phenoxy) is 1. The molecule has 18 rings (SSSR count). The predicted molar refractivity (Wildman–Crippen MR) is 438 cm³/mol. The van der Waals surface area contributed by atoms with Gasteiger partial charge in [-0.2, -0.15) is 15.0 Å². The molecule has 6 aliphatic rings. The number of fused-ring (bicyclic) bond motifs is 6. The molecular formula is C85H88N20O8. The van der Waals surface area contributed by atoms with Crippen molar-refractivity contribution in [2.24, 2.45) is 17.2 Å². The second-order valence-electron chi connectivity index (χ2n) is 29.6. The summed E-state index contributed by atoms with van der Waals surface area (Å²) in [6.07, 6.45) is 19.2. The Morgan fingerprint density at radius 1 is 0.425 bits per heavy atom. The number of aromatic hydroxyl groups is 1. The number of nitrogens with two attached hydrogens (primary N) is 3. The van der Waals surface area contributed by atoms with E-state index in [1.54, 1.807) is 25.8 Å². The number of aromatic nitrogens is 9. The number of carbonyl (C=O) groups is 3. The quantitative estimate of drug-likeness (QED) is 0.0420. The lowest BCUT2D eigenvalue weighted by Gasteiger charge is -2.34. The van der Waals surface area contributed by atoms with Crippen LogP contribution in [0.3, 0.4) is 0 Å². The maximum atomic E-state index is 13.0. The first-order valence-corrected chi connectivity index (χ1v) is 38.4. The van der Waals surface area contributed by atoms with Crippen LogP contribution in [0.4, 0.5) is 46.3 Å². The molecule has 12 aromatic rings. The van der Waals surface area contributed by atoms with Crippen molar-refractivity contribution in [1.29, 1.82) is 0 Å². The SMILES string of the molecule is CN1CCN(c2ccc(Nc3ncc4c(=O)c(C(N)=O)cn(-c5ccc6c(c5)CCC6)c4n3)c(O)c2)CC1.CN1CCN(c2ccc(Nc3ncc4c(=O)c(C(N)=O)cn(-c5ccc6c(c5)CCC6)c4n3)cc2)CC1.NC(=O)c1cn(-c2ccc3c(c2)CCC3)c2nc(Nc3ccc(CCN4CCOCC4)cc3)ncc2c1=O. The molecule has 9 heterocycles. The molecule has 10 N–H and O–H groups in total. The zero-order chi connectivity index (χ0) is 78.0. The number of hydrogen-bond donors (Lipinski definition) is 7. The Bertz CT molecular complexity index is 5870. The number of anilines is 8. The third-order valence-electron chi connectivity index (χ3n) is 22.2. The van der Waals surface area contributed by atoms with Crippen molar-refractivity contribution in [3.63, 3.8) is 0 Å². The first-order valence-electron chi connectivity index (χ1n) is 38.4. The first kappa shape index (κ1) is 74.3. The fourth-order valence-corrected chi connectivity index (χ4v) is 15.7. The lowest BCUT2D eigenvalue weighted by molar-refractivity contribution is 0.0384. The van der Waals surface area contributed by atoms with E-state index in [0.29, 0.717) is 34.5 Å². The van der Waals surface area contributed by atoms with Gasteiger partial charge in [0.1, 0.15) is 22.4 Å². The summed E-state index contributed by atoms with van der Waals surface area (Å²) >= 11 is 0. The van der Waals surface area contributed by atoms with Gasteiger partial charge < -0.3 is 76.3 Å². The molecule has 6 aromatic carbocycles. The minimum atomic E-state index is -0.806. The van der Waals surface area contributed by atoms with Crippen molar-refractivity contribution in [3.8, 4) is 22.8 Å². The molecule has 113 heavy (non-hydrogen) atoms. The number of primary amides is 3. The normalized spacial score (nSPS) is 15.6. The fraction of sp³-hybridized carbons (Fsp3) is 0.294. The Morgan fingerprint density at radius 3 is 1.19 bits per heavy atom. The average Bonchev–Trinajstić information content (AvgIpc) is 1.09. The molecule has 576 valence electrons. The van der Waals surface area contributed by atoms with Crippen molar-refractivity contribution in [2.45, 2.75) is 64.2 Å². The van der Waals surface area contributed by atoms with Gasteiger partial charge in [0.05, 0.1) is 35.1 Å². The molecule has 6 aromatic heterocycles. The molecule has 28 heteroatoms. The molecule has 0 spiro atoms. The third kappa shape index (κ3) is 16.1. The number of morpholine rings is 1. The van der Waals surface area contributed by atoms with Gasteiger partial charge in [-0.25, -0.2) is 15.0 Å². The van der Waals surface area contributed by atoms with E-state index >= 15 is 0 Å². The van der Waals surface area contributed by atoms with Crippen molar-refractivity contribution in [3.05, 3.63) is 245 Å². The molecule has 28 nitrogen and oxygen atoms in total. The van der Waals surface area contributed by atoms with Crippen molar-refractivity contribution in [1.82, 2.24) is 58.3 Å². The second-order valence-corrected chi connectivity index (χ2v) is 29.6. The number of phenolic OH excluding ortho intramolecular Hbond substituents is 1. The number of pyridine rings is 3. The minimum Gasteiger partial charge on any atom is -0.506 e. The summed E-state index contributed by atoms with van der Waals surface area (Å²) in [6.45, 7) is 12.4. The van der Waals surface area contributed by atoms with Crippen molar-refractivity contribution < 1.29 is 24.2 Å². The van der Waals surface area contributed by atoms with Crippen LogP contribution in [0.2, 0.25) is 0 Å². The zero-order valence-electron chi connectivity index (χ0n) is 63.1. The molecule has 0 bridgehead atoms. The molecule has 0 saturated carbocycles. The van der Waals surface area contributed by atoms with Gasteiger partial charge >= 0.3 is 0 Å². The smallest absolute Gasteiger partial charge is 0.254 e. The van der Waals surface area contributed by atoms with E-state index < -0.39 is 34.0 Å². The molecule has 0 radical (unpaired) electrons. The molecule has 3 amide bonds. The van der Waals surface area contributed by atoms with E-state index in [1.165, 1.54) is 81.8 Å². The van der Waals surface area contributed by atoms with Crippen LogP contribution in [0.15, 0.2) is 173 Å². The zero-order valence-corrected chi connectivity index (χ0v) is 63.1. The number of carbonyl (C=O) groups excluding carboxylic acids is 3. The lowest BCUT2D eigenvalue weighted by Crippen LogP contribution is -2.44. The van der Waals surface area contributed by atoms with Crippen LogP contribution in [0.25, 0.3) is 50.2 Å². The molecule has 3 aliphatic heterocycles. The van der Waals surface area contributed by atoms with Gasteiger partial charge in [0.25, 0.3) is 17.7 Å². The third-order valence-corrected chi connectivity index (χ3v) is 22.2. The monoisotopic (exact) mass is 1520 g/mol. The van der Waals surface area contributed by atoms with Crippen LogP contribution in [0, 0.1) is 0 Å². The predicted octanol–water partition coefficient (Wildman–Crippen LogP) is 8.42. The summed E-state index contributed by atoms with van der Waals surface area (Å²) in [6, 6.07) is 40.4. The van der Waals surface area contributed by atoms with Crippen LogP contribution in [-0.2, 0) is 49.7 Å². The van der Waals surface area contributed by atoms with E-state index in [9.17, 15) is 33.9 Å². The maximum absolute atomic E-state index is 13.0. The highest BCUT2D eigenvalue weighted by molar-refractivity contribution is 5.98. The first-order chi connectivity index (χ1) is 54.9. The van der Waals surface area contributed by atoms with Crippen molar-refractivity contribution in [2.75, 3.05) is 125 Å². The Kier molecular flexibility index (Phi) is 21.2. The standard InChI is InChI=1S/C29H30N6O3.C28H29N7O3.C28H29N7O2/c30-27(37)25-18-35(23-9-6-20-2-1-3-21(20)16-23)28-24(26(25)36)17-31-29(33-28)32-22-7-4-19(5-8-22)10-11-34-12-14-38-15-13-34;1-33-9-11-34(12-10-33)19-7-8-23(24(36)14-19)31-28-30-15-21-25(37)22(26(29)38)16-35(27(21)32-28)20-6-5-17-3-2-4-18(17)13-20;1-33-11-13-34(14-12-33)21-9-6-20(7-10-21)31-28-30-16-23-25(36)24(26(29)37)17-35(27(23)32-28)22-8-5-18-3-2-4-19(18)15-22/h4-9,16-18H,1-3,10-15H2,(H2,30,37)(H,31,32,33);5-8,13-16,36H,2-4,9-12H2,1H3,(H2,29,38)(H,30,31,32);5-10,15-17H,2-4,11-14H2,1H3,(H2,29,37)(H,30,31,32). The van der Waals surface area contributed by atoms with E-state index in [2.05, 4.69) is 135 Å². The van der Waals surface area contributed by atoms with Crippen LogP contribution in [0.5, 0.6) is 5.75 Å². The number of likely N-dealkylation sites (N-methyl/N-ethyl adjacent to an activating group) is 2. The molecular weight excluding hydrogens is 1430 g/mol. The van der Waals surface area contributed by atoms with Gasteiger partial charge in [-0.15, -0.1) is 0 Å². The van der Waals surface area contributed by atoms with Gasteiger partial charge in [-0.1, -0.05) is 30.3 Å². The highest BCUT2D eigenvalue weighted by Crippen LogP contribution is 2.34. The number of amides is 3. The lowest BCUT2D eigenvalue weighted by atomic mass is 10.1. The summed E-state index contributed by atoms with van der Waals surface area (Å²) in [7, 11) is 4.25.